The number of aromatic nitrogens is 1. The summed E-state index contributed by atoms with van der Waals surface area (Å²) in [6.07, 6.45) is 6.68. The Morgan fingerprint density at radius 3 is 3.06 bits per heavy atom. The lowest BCUT2D eigenvalue weighted by molar-refractivity contribution is -0.116. The topological polar surface area (TPSA) is 42.0 Å². The molecule has 2 rings (SSSR count). The number of pyridine rings is 1. The Hall–Kier alpha value is -1.94. The molecule has 2 aromatic rings. The summed E-state index contributed by atoms with van der Waals surface area (Å²) in [6, 6.07) is 7.70. The van der Waals surface area contributed by atoms with Gasteiger partial charge in [0.05, 0.1) is 6.54 Å². The minimum absolute atomic E-state index is 0.0951. The second-order valence-electron chi connectivity index (χ2n) is 3.42. The van der Waals surface area contributed by atoms with Crippen molar-refractivity contribution in [3.05, 3.63) is 58.6 Å². The first kappa shape index (κ1) is 11.5. The first-order valence-electron chi connectivity index (χ1n) is 5.23. The van der Waals surface area contributed by atoms with Crippen LogP contribution in [0.3, 0.4) is 0 Å². The number of nitrogens with zero attached hydrogens (tertiary/aromatic N) is 1. The maximum absolute atomic E-state index is 11.5. The van der Waals surface area contributed by atoms with E-state index in [0.717, 1.165) is 10.4 Å². The van der Waals surface area contributed by atoms with Crippen LogP contribution in [-0.2, 0) is 11.3 Å². The van der Waals surface area contributed by atoms with E-state index in [0.29, 0.717) is 6.54 Å². The highest BCUT2D eigenvalue weighted by Gasteiger charge is 1.96. The predicted molar refractivity (Wildman–Crippen MR) is 69.4 cm³/mol. The van der Waals surface area contributed by atoms with E-state index in [1.165, 1.54) is 6.08 Å². The van der Waals surface area contributed by atoms with Gasteiger partial charge in [-0.15, -0.1) is 11.3 Å². The number of carbonyl (C=O) groups excluding carboxylic acids is 1. The highest BCUT2D eigenvalue weighted by molar-refractivity contribution is 7.09. The van der Waals surface area contributed by atoms with Gasteiger partial charge < -0.3 is 5.32 Å². The summed E-state index contributed by atoms with van der Waals surface area (Å²) < 4.78 is 0. The van der Waals surface area contributed by atoms with E-state index in [9.17, 15) is 4.79 Å². The van der Waals surface area contributed by atoms with Crippen molar-refractivity contribution < 1.29 is 4.79 Å². The smallest absolute Gasteiger partial charge is 0.244 e. The van der Waals surface area contributed by atoms with E-state index in [1.807, 2.05) is 29.6 Å². The molecule has 4 heteroatoms. The molecule has 0 atom stereocenters. The molecule has 0 saturated carbocycles. The summed E-state index contributed by atoms with van der Waals surface area (Å²) >= 11 is 1.63. The van der Waals surface area contributed by atoms with Crippen molar-refractivity contribution in [3.63, 3.8) is 0 Å². The highest BCUT2D eigenvalue weighted by atomic mass is 32.1. The van der Waals surface area contributed by atoms with E-state index in [1.54, 1.807) is 29.8 Å². The third-order valence-corrected chi connectivity index (χ3v) is 3.00. The number of thiophene rings is 1. The normalized spacial score (nSPS) is 10.6. The molecule has 86 valence electrons. The minimum atomic E-state index is -0.0951. The van der Waals surface area contributed by atoms with Crippen molar-refractivity contribution >= 4 is 23.3 Å². The average Bonchev–Trinajstić information content (AvgIpc) is 2.88. The van der Waals surface area contributed by atoms with Crippen LogP contribution in [0.4, 0.5) is 0 Å². The number of hydrogen-bond acceptors (Lipinski definition) is 3. The minimum Gasteiger partial charge on any atom is -0.348 e. The summed E-state index contributed by atoms with van der Waals surface area (Å²) in [4.78, 5) is 16.6. The van der Waals surface area contributed by atoms with Gasteiger partial charge in [0.25, 0.3) is 0 Å². The fraction of sp³-hybridized carbons (Fsp3) is 0.0769. The second kappa shape index (κ2) is 5.96. The van der Waals surface area contributed by atoms with Crippen LogP contribution in [0.2, 0.25) is 0 Å². The summed E-state index contributed by atoms with van der Waals surface area (Å²) in [7, 11) is 0. The van der Waals surface area contributed by atoms with Crippen LogP contribution >= 0.6 is 11.3 Å². The van der Waals surface area contributed by atoms with Crippen LogP contribution in [0.15, 0.2) is 48.1 Å². The number of amides is 1. The molecule has 2 heterocycles. The molecule has 0 bridgehead atoms. The molecule has 0 aromatic carbocycles. The van der Waals surface area contributed by atoms with Crippen molar-refractivity contribution in [2.24, 2.45) is 0 Å². The molecule has 0 radical (unpaired) electrons. The lowest BCUT2D eigenvalue weighted by atomic mass is 10.2. The van der Waals surface area contributed by atoms with Crippen LogP contribution in [-0.4, -0.2) is 10.9 Å². The van der Waals surface area contributed by atoms with E-state index >= 15 is 0 Å². The fourth-order valence-electron chi connectivity index (χ4n) is 1.29. The molecular formula is C13H12N2OS. The van der Waals surface area contributed by atoms with Gasteiger partial charge in [0.15, 0.2) is 0 Å². The monoisotopic (exact) mass is 244 g/mol. The van der Waals surface area contributed by atoms with Gasteiger partial charge in [-0.3, -0.25) is 9.78 Å². The zero-order chi connectivity index (χ0) is 11.9. The highest BCUT2D eigenvalue weighted by Crippen LogP contribution is 2.07. The van der Waals surface area contributed by atoms with Gasteiger partial charge >= 0.3 is 0 Å². The number of carbonyl (C=O) groups is 1. The first-order valence-corrected chi connectivity index (χ1v) is 6.11. The number of hydrogen-bond donors (Lipinski definition) is 1. The lowest BCUT2D eigenvalue weighted by Crippen LogP contribution is -2.19. The summed E-state index contributed by atoms with van der Waals surface area (Å²) in [5, 5.41) is 4.81. The van der Waals surface area contributed by atoms with E-state index in [-0.39, 0.29) is 5.91 Å². The van der Waals surface area contributed by atoms with Crippen molar-refractivity contribution in [2.45, 2.75) is 6.54 Å². The first-order chi connectivity index (χ1) is 8.34. The average molecular weight is 244 g/mol. The zero-order valence-corrected chi connectivity index (χ0v) is 9.98. The van der Waals surface area contributed by atoms with Crippen LogP contribution in [0.1, 0.15) is 10.4 Å². The third-order valence-electron chi connectivity index (χ3n) is 2.13. The molecule has 17 heavy (non-hydrogen) atoms. The van der Waals surface area contributed by atoms with Crippen LogP contribution < -0.4 is 5.32 Å². The Bertz CT molecular complexity index is 491. The van der Waals surface area contributed by atoms with Crippen LogP contribution in [0.25, 0.3) is 6.08 Å². The Balaban J connectivity index is 1.83. The van der Waals surface area contributed by atoms with Crippen LogP contribution in [0.5, 0.6) is 0 Å². The zero-order valence-electron chi connectivity index (χ0n) is 9.17. The van der Waals surface area contributed by atoms with Gasteiger partial charge in [0.2, 0.25) is 5.91 Å². The Labute approximate surface area is 104 Å². The quantitative estimate of drug-likeness (QED) is 0.839. The molecule has 0 aliphatic carbocycles. The summed E-state index contributed by atoms with van der Waals surface area (Å²) in [6.45, 7) is 0.577. The van der Waals surface area contributed by atoms with Gasteiger partial charge in [-0.1, -0.05) is 12.1 Å². The van der Waals surface area contributed by atoms with E-state index < -0.39 is 0 Å². The standard InChI is InChI=1S/C13H12N2OS/c16-13(15-10-12-4-2-8-17-12)6-5-11-3-1-7-14-9-11/h1-9H,10H2,(H,15,16)/b6-5+. The molecule has 0 fully saturated rings. The van der Waals surface area contributed by atoms with Gasteiger partial charge in [0.1, 0.15) is 0 Å². The van der Waals surface area contributed by atoms with Gasteiger partial charge in [0, 0.05) is 23.3 Å². The Morgan fingerprint density at radius 1 is 1.41 bits per heavy atom. The molecule has 0 unspecified atom stereocenters. The molecule has 1 N–H and O–H groups in total. The fourth-order valence-corrected chi connectivity index (χ4v) is 1.94. The predicted octanol–water partition coefficient (Wildman–Crippen LogP) is 2.47. The molecule has 0 aliphatic heterocycles. The molecule has 3 nitrogen and oxygen atoms in total. The van der Waals surface area contributed by atoms with E-state index in [2.05, 4.69) is 10.3 Å². The maximum atomic E-state index is 11.5. The van der Waals surface area contributed by atoms with Gasteiger partial charge in [-0.2, -0.15) is 0 Å². The maximum Gasteiger partial charge on any atom is 0.244 e. The molecule has 0 saturated heterocycles. The third kappa shape index (κ3) is 3.85. The molecule has 2 aromatic heterocycles. The lowest BCUT2D eigenvalue weighted by Gasteiger charge is -1.98. The molecule has 1 amide bonds. The Morgan fingerprint density at radius 2 is 2.35 bits per heavy atom. The van der Waals surface area contributed by atoms with Gasteiger partial charge in [-0.25, -0.2) is 0 Å². The number of rotatable bonds is 4. The summed E-state index contributed by atoms with van der Waals surface area (Å²) in [5.74, 6) is -0.0951. The van der Waals surface area contributed by atoms with Crippen molar-refractivity contribution in [1.82, 2.24) is 10.3 Å². The second-order valence-corrected chi connectivity index (χ2v) is 4.45. The van der Waals surface area contributed by atoms with Crippen molar-refractivity contribution in [3.8, 4) is 0 Å². The molecule has 0 aliphatic rings. The van der Waals surface area contributed by atoms with Gasteiger partial charge in [-0.05, 0) is 29.2 Å². The van der Waals surface area contributed by atoms with Crippen molar-refractivity contribution in [2.75, 3.05) is 0 Å². The van der Waals surface area contributed by atoms with Crippen LogP contribution in [0, 0.1) is 0 Å². The largest absolute Gasteiger partial charge is 0.348 e. The molecule has 0 spiro atoms. The number of nitrogens with one attached hydrogen (secondary N) is 1. The van der Waals surface area contributed by atoms with E-state index in [4.69, 9.17) is 0 Å². The molecular weight excluding hydrogens is 232 g/mol. The summed E-state index contributed by atoms with van der Waals surface area (Å²) in [5.41, 5.74) is 0.916. The SMILES string of the molecule is O=C(/C=C/c1cccnc1)NCc1cccs1. The Kier molecular flexibility index (Phi) is 4.05. The van der Waals surface area contributed by atoms with Crippen molar-refractivity contribution in [1.29, 1.82) is 0 Å².